The summed E-state index contributed by atoms with van der Waals surface area (Å²) in [6.45, 7) is 1.51. The van der Waals surface area contributed by atoms with E-state index in [0.717, 1.165) is 30.6 Å². The van der Waals surface area contributed by atoms with Crippen LogP contribution in [0.1, 0.15) is 23.2 Å². The van der Waals surface area contributed by atoms with Crippen LogP contribution in [0.25, 0.3) is 0 Å². The van der Waals surface area contributed by atoms with Gasteiger partial charge >= 0.3 is 11.0 Å². The number of rotatable bonds is 5. The summed E-state index contributed by atoms with van der Waals surface area (Å²) in [5, 5.41) is 16.3. The van der Waals surface area contributed by atoms with Crippen LogP contribution in [0.4, 0.5) is 10.1 Å². The maximum atomic E-state index is 12.5. The van der Waals surface area contributed by atoms with Gasteiger partial charge in [-0.25, -0.2) is 4.98 Å². The number of nitro groups is 1. The molecule has 26 heavy (non-hydrogen) atoms. The lowest BCUT2D eigenvalue weighted by Gasteiger charge is -2.21. The number of para-hydroxylation sites is 1. The SMILES string of the molecule is O=C(Nc1ncc([N+](=O)[O-])s1)c1ccccc1OC(=O)C1CCNCC1. The van der Waals surface area contributed by atoms with Gasteiger partial charge in [0, 0.05) is 0 Å². The molecule has 1 saturated heterocycles. The minimum absolute atomic E-state index is 0.0983. The van der Waals surface area contributed by atoms with Crippen molar-refractivity contribution in [2.24, 2.45) is 5.92 Å². The van der Waals surface area contributed by atoms with Gasteiger partial charge in [0.25, 0.3) is 5.91 Å². The maximum Gasteiger partial charge on any atom is 0.345 e. The first-order valence-electron chi connectivity index (χ1n) is 7.97. The van der Waals surface area contributed by atoms with Crippen LogP contribution in [0.5, 0.6) is 5.75 Å². The van der Waals surface area contributed by atoms with E-state index in [4.69, 9.17) is 4.74 Å². The molecule has 2 N–H and O–H groups in total. The second-order valence-corrected chi connectivity index (χ2v) is 6.67. The number of nitrogens with one attached hydrogen (secondary N) is 2. The van der Waals surface area contributed by atoms with Crippen molar-refractivity contribution in [2.45, 2.75) is 12.8 Å². The summed E-state index contributed by atoms with van der Waals surface area (Å²) in [5.41, 5.74) is 0.160. The molecule has 1 aliphatic rings. The summed E-state index contributed by atoms with van der Waals surface area (Å²) < 4.78 is 5.43. The van der Waals surface area contributed by atoms with Crippen LogP contribution >= 0.6 is 11.3 Å². The van der Waals surface area contributed by atoms with Gasteiger partial charge in [0.05, 0.1) is 16.4 Å². The number of esters is 1. The van der Waals surface area contributed by atoms with Crippen LogP contribution in [0.15, 0.2) is 30.5 Å². The monoisotopic (exact) mass is 376 g/mol. The van der Waals surface area contributed by atoms with Crippen molar-refractivity contribution in [3.05, 3.63) is 46.1 Å². The van der Waals surface area contributed by atoms with E-state index in [1.54, 1.807) is 12.1 Å². The highest BCUT2D eigenvalue weighted by molar-refractivity contribution is 7.18. The highest BCUT2D eigenvalue weighted by Gasteiger charge is 2.25. The van der Waals surface area contributed by atoms with E-state index in [0.29, 0.717) is 12.8 Å². The number of amides is 1. The fraction of sp³-hybridized carbons (Fsp3) is 0.312. The van der Waals surface area contributed by atoms with Gasteiger partial charge in [0.15, 0.2) is 5.13 Å². The molecule has 1 aromatic heterocycles. The molecule has 0 aliphatic carbocycles. The molecule has 0 spiro atoms. The Morgan fingerprint density at radius 2 is 2.04 bits per heavy atom. The zero-order valence-corrected chi connectivity index (χ0v) is 14.5. The van der Waals surface area contributed by atoms with Crippen LogP contribution < -0.4 is 15.4 Å². The number of aromatic nitrogens is 1. The molecule has 0 radical (unpaired) electrons. The fourth-order valence-corrected chi connectivity index (χ4v) is 3.19. The number of hydrogen-bond acceptors (Lipinski definition) is 8. The number of thiazole rings is 1. The fourth-order valence-electron chi connectivity index (χ4n) is 2.56. The van der Waals surface area contributed by atoms with Gasteiger partial charge in [-0.1, -0.05) is 12.1 Å². The van der Waals surface area contributed by atoms with E-state index >= 15 is 0 Å². The standard InChI is InChI=1S/C16H16N4O5S/c21-14(19-16-18-9-13(26-16)20(23)24)11-3-1-2-4-12(11)25-15(22)10-5-7-17-8-6-10/h1-4,9-10,17H,5-8H2,(H,18,19,21). The predicted octanol–water partition coefficient (Wildman–Crippen LogP) is 2.21. The van der Waals surface area contributed by atoms with Gasteiger partial charge in [-0.15, -0.1) is 0 Å². The van der Waals surface area contributed by atoms with Crippen molar-refractivity contribution >= 4 is 33.3 Å². The Morgan fingerprint density at radius 1 is 1.31 bits per heavy atom. The van der Waals surface area contributed by atoms with Crippen LogP contribution in [0.2, 0.25) is 0 Å². The summed E-state index contributed by atoms with van der Waals surface area (Å²) in [4.78, 5) is 38.7. The molecule has 0 atom stereocenters. The average Bonchev–Trinajstić information content (AvgIpc) is 3.11. The first-order valence-corrected chi connectivity index (χ1v) is 8.79. The normalized spacial score (nSPS) is 14.6. The molecule has 0 bridgehead atoms. The van der Waals surface area contributed by atoms with Gasteiger partial charge in [-0.05, 0) is 49.4 Å². The van der Waals surface area contributed by atoms with Crippen molar-refractivity contribution in [1.29, 1.82) is 0 Å². The van der Waals surface area contributed by atoms with E-state index in [9.17, 15) is 19.7 Å². The molecule has 0 saturated carbocycles. The topological polar surface area (TPSA) is 123 Å². The van der Waals surface area contributed by atoms with Crippen molar-refractivity contribution in [1.82, 2.24) is 10.3 Å². The summed E-state index contributed by atoms with van der Waals surface area (Å²) in [6.07, 6.45) is 2.45. The largest absolute Gasteiger partial charge is 0.425 e. The zero-order valence-electron chi connectivity index (χ0n) is 13.6. The van der Waals surface area contributed by atoms with Crippen molar-refractivity contribution in [2.75, 3.05) is 18.4 Å². The summed E-state index contributed by atoms with van der Waals surface area (Å²) in [7, 11) is 0. The van der Waals surface area contributed by atoms with Gasteiger partial charge in [0.1, 0.15) is 11.9 Å². The second-order valence-electron chi connectivity index (χ2n) is 5.66. The minimum Gasteiger partial charge on any atom is -0.425 e. The Labute approximate surface area is 152 Å². The molecule has 10 heteroatoms. The quantitative estimate of drug-likeness (QED) is 0.355. The number of ether oxygens (including phenoxy) is 1. The van der Waals surface area contributed by atoms with Crippen LogP contribution in [0.3, 0.4) is 0 Å². The molecule has 3 rings (SSSR count). The van der Waals surface area contributed by atoms with E-state index < -0.39 is 10.8 Å². The van der Waals surface area contributed by atoms with Crippen LogP contribution in [-0.2, 0) is 4.79 Å². The Hall–Kier alpha value is -2.85. The Balaban J connectivity index is 1.72. The van der Waals surface area contributed by atoms with E-state index in [1.807, 2.05) is 0 Å². The lowest BCUT2D eigenvalue weighted by atomic mass is 9.98. The van der Waals surface area contributed by atoms with Crippen LogP contribution in [0, 0.1) is 16.0 Å². The predicted molar refractivity (Wildman–Crippen MR) is 94.4 cm³/mol. The molecule has 0 unspecified atom stereocenters. The summed E-state index contributed by atoms with van der Waals surface area (Å²) >= 11 is 0.750. The molecule has 1 aromatic carbocycles. The number of anilines is 1. The maximum absolute atomic E-state index is 12.5. The van der Waals surface area contributed by atoms with Crippen molar-refractivity contribution in [3.8, 4) is 5.75 Å². The smallest absolute Gasteiger partial charge is 0.345 e. The van der Waals surface area contributed by atoms with Crippen molar-refractivity contribution in [3.63, 3.8) is 0 Å². The van der Waals surface area contributed by atoms with Gasteiger partial charge in [0.2, 0.25) is 0 Å². The number of carbonyl (C=O) groups excluding carboxylic acids is 2. The lowest BCUT2D eigenvalue weighted by molar-refractivity contribution is -0.380. The van der Waals surface area contributed by atoms with Gasteiger partial charge in [-0.3, -0.25) is 25.0 Å². The summed E-state index contributed by atoms with van der Waals surface area (Å²) in [6, 6.07) is 6.36. The molecule has 136 valence electrons. The number of nitrogens with zero attached hydrogens (tertiary/aromatic N) is 2. The molecular weight excluding hydrogens is 360 g/mol. The third kappa shape index (κ3) is 4.21. The molecule has 2 aromatic rings. The van der Waals surface area contributed by atoms with Crippen LogP contribution in [-0.4, -0.2) is 34.9 Å². The first-order chi connectivity index (χ1) is 12.5. The first kappa shape index (κ1) is 18.0. The zero-order chi connectivity index (χ0) is 18.5. The van der Waals surface area contributed by atoms with Crippen molar-refractivity contribution < 1.29 is 19.2 Å². The Morgan fingerprint density at radius 3 is 2.73 bits per heavy atom. The van der Waals surface area contributed by atoms with Gasteiger partial charge < -0.3 is 10.1 Å². The molecule has 1 fully saturated rings. The lowest BCUT2D eigenvalue weighted by Crippen LogP contribution is -2.34. The molecule has 9 nitrogen and oxygen atoms in total. The number of carbonyl (C=O) groups is 2. The number of hydrogen-bond donors (Lipinski definition) is 2. The molecular formula is C16H16N4O5S. The Bertz CT molecular complexity index is 832. The van der Waals surface area contributed by atoms with E-state index in [2.05, 4.69) is 15.6 Å². The third-order valence-electron chi connectivity index (χ3n) is 3.91. The second kappa shape index (κ2) is 8.02. The highest BCUT2D eigenvalue weighted by Crippen LogP contribution is 2.27. The minimum atomic E-state index is -0.581. The Kier molecular flexibility index (Phi) is 5.54. The number of piperidine rings is 1. The number of benzene rings is 1. The molecule has 1 amide bonds. The highest BCUT2D eigenvalue weighted by atomic mass is 32.1. The average molecular weight is 376 g/mol. The molecule has 1 aliphatic heterocycles. The third-order valence-corrected chi connectivity index (χ3v) is 4.77. The molecule has 2 heterocycles. The summed E-state index contributed by atoms with van der Waals surface area (Å²) in [5.74, 6) is -0.965. The van der Waals surface area contributed by atoms with E-state index in [1.165, 1.54) is 12.1 Å². The van der Waals surface area contributed by atoms with E-state index in [-0.39, 0.29) is 33.3 Å². The van der Waals surface area contributed by atoms with Gasteiger partial charge in [-0.2, -0.15) is 0 Å².